The first-order valence-corrected chi connectivity index (χ1v) is 4.70. The summed E-state index contributed by atoms with van der Waals surface area (Å²) in [5.74, 6) is 0. The highest BCUT2D eigenvalue weighted by Gasteiger charge is 2.09. The Morgan fingerprint density at radius 2 is 1.64 bits per heavy atom. The van der Waals surface area contributed by atoms with Crippen LogP contribution >= 0.6 is 0 Å². The zero-order chi connectivity index (χ0) is 11.0. The average Bonchev–Trinajstić information content (AvgIpc) is 2.64. The fraction of sp³-hybridized carbons (Fsp3) is 0.385. The summed E-state index contributed by atoms with van der Waals surface area (Å²) in [4.78, 5) is 3.40. The second-order valence-corrected chi connectivity index (χ2v) is 3.16. The van der Waals surface area contributed by atoms with Crippen LogP contribution in [0, 0.1) is 32.6 Å². The van der Waals surface area contributed by atoms with Gasteiger partial charge in [0, 0.05) is 11.4 Å². The molecule has 1 N–H and O–H groups in total. The van der Waals surface area contributed by atoms with Gasteiger partial charge in [-0.15, -0.1) is 25.7 Å². The van der Waals surface area contributed by atoms with Crippen molar-refractivity contribution in [1.29, 1.82) is 0 Å². The predicted octanol–water partition coefficient (Wildman–Crippen LogP) is 2.70. The highest BCUT2D eigenvalue weighted by Crippen LogP contribution is 2.20. The number of aryl methyl sites for hydroxylation is 3. The van der Waals surface area contributed by atoms with Gasteiger partial charge in [-0.1, -0.05) is 0 Å². The second-order valence-electron chi connectivity index (χ2n) is 3.16. The lowest BCUT2D eigenvalue weighted by atomic mass is 9.98. The van der Waals surface area contributed by atoms with E-state index in [1.54, 1.807) is 5.56 Å². The normalized spacial score (nSPS) is 12.4. The number of nitrogens with one attached hydrogen (secondary N) is 1. The zero-order valence-corrected chi connectivity index (χ0v) is 8.72. The van der Waals surface area contributed by atoms with Crippen molar-refractivity contribution in [3.05, 3.63) is 23.0 Å². The highest BCUT2D eigenvalue weighted by molar-refractivity contribution is 5.27. The van der Waals surface area contributed by atoms with Crippen LogP contribution in [-0.4, -0.2) is 4.98 Å². The number of aromatic amines is 1. The topological polar surface area (TPSA) is 15.8 Å². The molecule has 0 saturated heterocycles. The first kappa shape index (κ1) is 12.4. The molecule has 1 heterocycles. The number of H-pyrrole nitrogens is 1. The summed E-state index contributed by atoms with van der Waals surface area (Å²) >= 11 is 0. The molecule has 0 radical (unpaired) electrons. The maximum Gasteiger partial charge on any atom is 0.0181 e. The Balaban J connectivity index is 0.000000379. The van der Waals surface area contributed by atoms with Gasteiger partial charge in [0.2, 0.25) is 0 Å². The Kier molecular flexibility index (Phi) is 6.08. The fourth-order valence-electron chi connectivity index (χ4n) is 1.77. The maximum atomic E-state index is 4.00. The van der Waals surface area contributed by atoms with Gasteiger partial charge in [-0.05, 0) is 44.2 Å². The van der Waals surface area contributed by atoms with Crippen molar-refractivity contribution in [2.75, 3.05) is 0 Å². The van der Waals surface area contributed by atoms with Crippen molar-refractivity contribution in [2.45, 2.75) is 32.6 Å². The van der Waals surface area contributed by atoms with Crippen LogP contribution < -0.4 is 0 Å². The SMILES string of the molecule is C#C.C#C.Cc1cc2c([nH]1)CCCC2. The molecule has 0 fully saturated rings. The number of hydrogen-bond donors (Lipinski definition) is 1. The van der Waals surface area contributed by atoms with Crippen molar-refractivity contribution in [1.82, 2.24) is 4.98 Å². The molecule has 0 atom stereocenters. The average molecular weight is 187 g/mol. The molecule has 1 nitrogen and oxygen atoms in total. The molecular formula is C13H17N. The summed E-state index contributed by atoms with van der Waals surface area (Å²) in [6.07, 6.45) is 21.3. The number of aromatic nitrogens is 1. The Labute approximate surface area is 86.9 Å². The second kappa shape index (κ2) is 6.87. The van der Waals surface area contributed by atoms with Crippen molar-refractivity contribution in [3.8, 4) is 25.7 Å². The van der Waals surface area contributed by atoms with Gasteiger partial charge in [0.15, 0.2) is 0 Å². The number of rotatable bonds is 0. The van der Waals surface area contributed by atoms with E-state index in [4.69, 9.17) is 0 Å². The molecular weight excluding hydrogens is 170 g/mol. The molecule has 1 aliphatic rings. The molecule has 0 amide bonds. The van der Waals surface area contributed by atoms with Crippen LogP contribution in [0.15, 0.2) is 6.07 Å². The lowest BCUT2D eigenvalue weighted by molar-refractivity contribution is 0.677. The van der Waals surface area contributed by atoms with E-state index in [0.717, 1.165) is 0 Å². The van der Waals surface area contributed by atoms with E-state index in [1.165, 1.54) is 37.1 Å². The van der Waals surface area contributed by atoms with Gasteiger partial charge >= 0.3 is 0 Å². The van der Waals surface area contributed by atoms with E-state index >= 15 is 0 Å². The van der Waals surface area contributed by atoms with Gasteiger partial charge in [-0.25, -0.2) is 0 Å². The minimum atomic E-state index is 1.27. The summed E-state index contributed by atoms with van der Waals surface area (Å²) in [6.45, 7) is 2.14. The maximum absolute atomic E-state index is 4.00. The number of fused-ring (bicyclic) bond motifs is 1. The summed E-state index contributed by atoms with van der Waals surface area (Å²) in [7, 11) is 0. The van der Waals surface area contributed by atoms with Crippen LogP contribution in [0.1, 0.15) is 29.8 Å². The van der Waals surface area contributed by atoms with Gasteiger partial charge in [-0.2, -0.15) is 0 Å². The van der Waals surface area contributed by atoms with E-state index < -0.39 is 0 Å². The van der Waals surface area contributed by atoms with E-state index in [2.05, 4.69) is 43.7 Å². The molecule has 1 aliphatic carbocycles. The van der Waals surface area contributed by atoms with Crippen LogP contribution in [0.25, 0.3) is 0 Å². The molecule has 74 valence electrons. The number of hydrogen-bond acceptors (Lipinski definition) is 0. The first-order valence-electron chi connectivity index (χ1n) is 4.70. The third kappa shape index (κ3) is 3.04. The Morgan fingerprint density at radius 3 is 2.21 bits per heavy atom. The van der Waals surface area contributed by atoms with Gasteiger partial charge in [0.1, 0.15) is 0 Å². The highest BCUT2D eigenvalue weighted by atomic mass is 14.7. The monoisotopic (exact) mass is 187 g/mol. The van der Waals surface area contributed by atoms with Crippen LogP contribution in [-0.2, 0) is 12.8 Å². The van der Waals surface area contributed by atoms with E-state index in [1.807, 2.05) is 0 Å². The lowest BCUT2D eigenvalue weighted by Crippen LogP contribution is -1.99. The zero-order valence-electron chi connectivity index (χ0n) is 8.72. The lowest BCUT2D eigenvalue weighted by Gasteiger charge is -2.08. The Morgan fingerprint density at radius 1 is 1.07 bits per heavy atom. The van der Waals surface area contributed by atoms with Crippen LogP contribution in [0.3, 0.4) is 0 Å². The van der Waals surface area contributed by atoms with Crippen LogP contribution in [0.5, 0.6) is 0 Å². The smallest absolute Gasteiger partial charge is 0.0181 e. The van der Waals surface area contributed by atoms with Crippen LogP contribution in [0.4, 0.5) is 0 Å². The third-order valence-electron chi connectivity index (χ3n) is 2.25. The third-order valence-corrected chi connectivity index (χ3v) is 2.25. The van der Waals surface area contributed by atoms with Crippen molar-refractivity contribution < 1.29 is 0 Å². The summed E-state index contributed by atoms with van der Waals surface area (Å²) in [5.41, 5.74) is 4.37. The predicted molar refractivity (Wildman–Crippen MR) is 62.0 cm³/mol. The largest absolute Gasteiger partial charge is 0.362 e. The summed E-state index contributed by atoms with van der Waals surface area (Å²) in [6, 6.07) is 2.29. The Hall–Kier alpha value is -1.60. The molecule has 0 spiro atoms. The van der Waals surface area contributed by atoms with E-state index in [-0.39, 0.29) is 0 Å². The molecule has 14 heavy (non-hydrogen) atoms. The summed E-state index contributed by atoms with van der Waals surface area (Å²) in [5, 5.41) is 0. The van der Waals surface area contributed by atoms with Gasteiger partial charge in [0.05, 0.1) is 0 Å². The Bertz CT molecular complexity index is 272. The van der Waals surface area contributed by atoms with Gasteiger partial charge in [-0.3, -0.25) is 0 Å². The molecule has 1 aromatic rings. The van der Waals surface area contributed by atoms with E-state index in [0.29, 0.717) is 0 Å². The van der Waals surface area contributed by atoms with E-state index in [9.17, 15) is 0 Å². The first-order chi connectivity index (χ1) is 6.86. The summed E-state index contributed by atoms with van der Waals surface area (Å²) < 4.78 is 0. The van der Waals surface area contributed by atoms with Crippen molar-refractivity contribution in [2.24, 2.45) is 0 Å². The number of terminal acetylenes is 2. The molecule has 0 saturated carbocycles. The molecule has 1 heteroatoms. The van der Waals surface area contributed by atoms with Crippen LogP contribution in [0.2, 0.25) is 0 Å². The standard InChI is InChI=1S/C9H13N.2C2H2/c1-7-6-8-4-2-3-5-9(8)10-7;2*1-2/h6,10H,2-5H2,1H3;2*1-2H. The quantitative estimate of drug-likeness (QED) is 0.601. The van der Waals surface area contributed by atoms with Crippen molar-refractivity contribution >= 4 is 0 Å². The minimum Gasteiger partial charge on any atom is -0.362 e. The fourth-order valence-corrected chi connectivity index (χ4v) is 1.77. The molecule has 0 aliphatic heterocycles. The van der Waals surface area contributed by atoms with Crippen molar-refractivity contribution in [3.63, 3.8) is 0 Å². The molecule has 2 rings (SSSR count). The molecule has 1 aromatic heterocycles. The molecule has 0 bridgehead atoms. The van der Waals surface area contributed by atoms with Gasteiger partial charge < -0.3 is 4.98 Å². The molecule has 0 unspecified atom stereocenters. The van der Waals surface area contributed by atoms with Gasteiger partial charge in [0.25, 0.3) is 0 Å². The minimum absolute atomic E-state index is 1.27. The molecule has 0 aromatic carbocycles.